The minimum atomic E-state index is -0.624. The van der Waals surface area contributed by atoms with Crippen molar-refractivity contribution in [3.8, 4) is 0 Å². The van der Waals surface area contributed by atoms with E-state index in [0.717, 1.165) is 5.69 Å². The van der Waals surface area contributed by atoms with Crippen LogP contribution in [-0.2, 0) is 6.54 Å². The number of aryl methyl sites for hydroxylation is 3. The maximum Gasteiger partial charge on any atom is 0.207 e. The summed E-state index contributed by atoms with van der Waals surface area (Å²) >= 11 is 0. The number of rotatable bonds is 3. The first-order valence-corrected chi connectivity index (χ1v) is 5.78. The molecule has 0 radical (unpaired) electrons. The molecule has 0 saturated heterocycles. The number of aromatic nitrogens is 2. The summed E-state index contributed by atoms with van der Waals surface area (Å²) in [4.78, 5) is 4.21. The molecule has 0 amide bonds. The summed E-state index contributed by atoms with van der Waals surface area (Å²) in [5.41, 5.74) is 1.04. The van der Waals surface area contributed by atoms with Crippen molar-refractivity contribution >= 4 is 11.6 Å². The Bertz CT molecular complexity index is 576. The Morgan fingerprint density at radius 1 is 1.28 bits per heavy atom. The average Bonchev–Trinajstić information content (AvgIpc) is 2.70. The highest BCUT2D eigenvalue weighted by Crippen LogP contribution is 2.25. The van der Waals surface area contributed by atoms with Gasteiger partial charge in [0.25, 0.3) is 0 Å². The zero-order valence-corrected chi connectivity index (χ0v) is 10.6. The molecule has 0 bridgehead atoms. The number of hydrogen-bond acceptors (Lipinski definition) is 2. The molecule has 3 nitrogen and oxygen atoms in total. The van der Waals surface area contributed by atoms with Crippen molar-refractivity contribution < 1.29 is 8.78 Å². The minimum Gasteiger partial charge on any atom is -0.321 e. The van der Waals surface area contributed by atoms with Gasteiger partial charge in [-0.1, -0.05) is 6.07 Å². The highest BCUT2D eigenvalue weighted by atomic mass is 19.1. The molecule has 1 heterocycles. The number of halogens is 2. The Kier molecular flexibility index (Phi) is 3.32. The van der Waals surface area contributed by atoms with Crippen LogP contribution in [0.25, 0.3) is 0 Å². The van der Waals surface area contributed by atoms with Crippen LogP contribution in [0.4, 0.5) is 20.4 Å². The Labute approximate surface area is 104 Å². The van der Waals surface area contributed by atoms with Crippen LogP contribution in [0.5, 0.6) is 0 Å². The van der Waals surface area contributed by atoms with Gasteiger partial charge in [-0.15, -0.1) is 0 Å². The Balaban J connectivity index is 2.42. The molecule has 0 spiro atoms. The first-order valence-electron chi connectivity index (χ1n) is 5.78. The lowest BCUT2D eigenvalue weighted by atomic mass is 10.2. The highest BCUT2D eigenvalue weighted by molar-refractivity contribution is 5.57. The summed E-state index contributed by atoms with van der Waals surface area (Å²) in [5, 5.41) is 2.72. The molecule has 0 saturated carbocycles. The molecule has 18 heavy (non-hydrogen) atoms. The quantitative estimate of drug-likeness (QED) is 0.904. The summed E-state index contributed by atoms with van der Waals surface area (Å²) < 4.78 is 29.3. The molecule has 0 aliphatic heterocycles. The van der Waals surface area contributed by atoms with E-state index < -0.39 is 11.6 Å². The fraction of sp³-hybridized carbons (Fsp3) is 0.308. The van der Waals surface area contributed by atoms with E-state index in [-0.39, 0.29) is 5.69 Å². The second-order valence-electron chi connectivity index (χ2n) is 4.17. The van der Waals surface area contributed by atoms with Crippen LogP contribution in [0, 0.1) is 25.5 Å². The summed E-state index contributed by atoms with van der Waals surface area (Å²) in [6, 6.07) is 2.65. The summed E-state index contributed by atoms with van der Waals surface area (Å²) in [7, 11) is 0. The van der Waals surface area contributed by atoms with Crippen LogP contribution in [0.1, 0.15) is 18.2 Å². The molecule has 1 aromatic carbocycles. The van der Waals surface area contributed by atoms with Crippen molar-refractivity contribution in [2.24, 2.45) is 0 Å². The van der Waals surface area contributed by atoms with E-state index in [4.69, 9.17) is 0 Å². The normalized spacial score (nSPS) is 10.7. The molecule has 0 fully saturated rings. The molecule has 0 unspecified atom stereocenters. The third-order valence-corrected chi connectivity index (χ3v) is 2.76. The van der Waals surface area contributed by atoms with E-state index in [9.17, 15) is 8.78 Å². The Morgan fingerprint density at radius 2 is 2.00 bits per heavy atom. The fourth-order valence-corrected chi connectivity index (χ4v) is 1.77. The van der Waals surface area contributed by atoms with Crippen molar-refractivity contribution in [1.29, 1.82) is 0 Å². The van der Waals surface area contributed by atoms with Crippen molar-refractivity contribution in [1.82, 2.24) is 9.55 Å². The zero-order valence-electron chi connectivity index (χ0n) is 10.6. The van der Waals surface area contributed by atoms with Gasteiger partial charge in [0.15, 0.2) is 5.82 Å². The van der Waals surface area contributed by atoms with Gasteiger partial charge in [-0.3, -0.25) is 0 Å². The predicted octanol–water partition coefficient (Wildman–Crippen LogP) is 3.54. The van der Waals surface area contributed by atoms with Gasteiger partial charge < -0.3 is 9.88 Å². The molecule has 2 rings (SSSR count). The van der Waals surface area contributed by atoms with Crippen LogP contribution >= 0.6 is 0 Å². The van der Waals surface area contributed by atoms with Gasteiger partial charge in [0, 0.05) is 12.7 Å². The first-order chi connectivity index (χ1) is 8.52. The smallest absolute Gasteiger partial charge is 0.207 e. The van der Waals surface area contributed by atoms with Crippen LogP contribution in [0.3, 0.4) is 0 Å². The van der Waals surface area contributed by atoms with Gasteiger partial charge in [-0.2, -0.15) is 0 Å². The molecule has 2 aromatic rings. The number of nitrogens with zero attached hydrogens (tertiary/aromatic N) is 2. The lowest BCUT2D eigenvalue weighted by Crippen LogP contribution is -2.05. The minimum absolute atomic E-state index is 0.157. The molecule has 0 aliphatic rings. The van der Waals surface area contributed by atoms with Crippen LogP contribution in [-0.4, -0.2) is 9.55 Å². The van der Waals surface area contributed by atoms with E-state index in [0.29, 0.717) is 18.1 Å². The summed E-state index contributed by atoms with van der Waals surface area (Å²) in [6.45, 7) is 6.05. The summed E-state index contributed by atoms with van der Waals surface area (Å²) in [6.07, 6.45) is 1.83. The molecule has 5 heteroatoms. The largest absolute Gasteiger partial charge is 0.321 e. The topological polar surface area (TPSA) is 29.9 Å². The lowest BCUT2D eigenvalue weighted by molar-refractivity contribution is 0.584. The molecule has 1 N–H and O–H groups in total. The van der Waals surface area contributed by atoms with Gasteiger partial charge in [0.2, 0.25) is 5.95 Å². The Hall–Kier alpha value is -1.91. The monoisotopic (exact) mass is 251 g/mol. The van der Waals surface area contributed by atoms with Gasteiger partial charge in [-0.05, 0) is 32.4 Å². The third kappa shape index (κ3) is 2.20. The van der Waals surface area contributed by atoms with Crippen molar-refractivity contribution in [2.75, 3.05) is 5.32 Å². The molecular weight excluding hydrogens is 236 g/mol. The molecule has 96 valence electrons. The zero-order chi connectivity index (χ0) is 13.3. The van der Waals surface area contributed by atoms with E-state index in [1.165, 1.54) is 12.1 Å². The Morgan fingerprint density at radius 3 is 2.67 bits per heavy atom. The SMILES string of the molecule is CCn1cc(C)nc1Nc1c(F)ccc(C)c1F. The number of hydrogen-bond donors (Lipinski definition) is 1. The highest BCUT2D eigenvalue weighted by Gasteiger charge is 2.14. The van der Waals surface area contributed by atoms with Crippen LogP contribution < -0.4 is 5.32 Å². The van der Waals surface area contributed by atoms with Crippen LogP contribution in [0.15, 0.2) is 18.3 Å². The van der Waals surface area contributed by atoms with E-state index >= 15 is 0 Å². The number of nitrogens with one attached hydrogen (secondary N) is 1. The first kappa shape index (κ1) is 12.5. The maximum absolute atomic E-state index is 13.9. The maximum atomic E-state index is 13.9. The molecular formula is C13H15F2N3. The number of benzene rings is 1. The van der Waals surface area contributed by atoms with Gasteiger partial charge in [0.1, 0.15) is 11.5 Å². The average molecular weight is 251 g/mol. The second kappa shape index (κ2) is 4.76. The molecule has 0 aliphatic carbocycles. The lowest BCUT2D eigenvalue weighted by Gasteiger charge is -2.10. The van der Waals surface area contributed by atoms with Crippen molar-refractivity contribution in [3.63, 3.8) is 0 Å². The summed E-state index contributed by atoms with van der Waals surface area (Å²) in [5.74, 6) is -0.766. The van der Waals surface area contributed by atoms with Crippen LogP contribution in [0.2, 0.25) is 0 Å². The van der Waals surface area contributed by atoms with E-state index in [2.05, 4.69) is 10.3 Å². The van der Waals surface area contributed by atoms with Gasteiger partial charge in [-0.25, -0.2) is 13.8 Å². The van der Waals surface area contributed by atoms with Crippen molar-refractivity contribution in [3.05, 3.63) is 41.2 Å². The van der Waals surface area contributed by atoms with Gasteiger partial charge >= 0.3 is 0 Å². The fourth-order valence-electron chi connectivity index (χ4n) is 1.77. The number of anilines is 2. The van der Waals surface area contributed by atoms with E-state index in [1.807, 2.05) is 20.0 Å². The molecule has 0 atom stereocenters. The third-order valence-electron chi connectivity index (χ3n) is 2.76. The molecule has 1 aromatic heterocycles. The number of imidazole rings is 1. The van der Waals surface area contributed by atoms with E-state index in [1.54, 1.807) is 11.5 Å². The predicted molar refractivity (Wildman–Crippen MR) is 67.0 cm³/mol. The standard InChI is InChI=1S/C13H15F2N3/c1-4-18-7-9(3)16-13(18)17-12-10(14)6-5-8(2)11(12)15/h5-7H,4H2,1-3H3,(H,16,17). The van der Waals surface area contributed by atoms with Crippen molar-refractivity contribution in [2.45, 2.75) is 27.3 Å². The second-order valence-corrected chi connectivity index (χ2v) is 4.17. The van der Waals surface area contributed by atoms with Gasteiger partial charge in [0.05, 0.1) is 5.69 Å².